The molecular formula is C9H7NO2. The first-order valence-electron chi connectivity index (χ1n) is 3.57. The Balaban J connectivity index is 2.51. The Morgan fingerprint density at radius 3 is 2.50 bits per heavy atom. The fourth-order valence-corrected chi connectivity index (χ4v) is 1.05. The van der Waals surface area contributed by atoms with Gasteiger partial charge in [-0.15, -0.1) is 0 Å². The minimum absolute atomic E-state index is 0.138. The van der Waals surface area contributed by atoms with E-state index in [1.54, 1.807) is 0 Å². The molecule has 1 N–H and O–H groups in total. The van der Waals surface area contributed by atoms with Crippen molar-refractivity contribution in [3.05, 3.63) is 36.5 Å². The van der Waals surface area contributed by atoms with Gasteiger partial charge in [0.05, 0.1) is 11.8 Å². The molecule has 1 aromatic heterocycles. The van der Waals surface area contributed by atoms with Crippen LogP contribution in [0.25, 0.3) is 11.1 Å². The molecule has 0 aliphatic heterocycles. The molecule has 0 spiro atoms. The molecule has 0 amide bonds. The summed E-state index contributed by atoms with van der Waals surface area (Å²) in [6, 6.07) is 9.45. The average Bonchev–Trinajstić information content (AvgIpc) is 2.53. The van der Waals surface area contributed by atoms with Crippen LogP contribution in [-0.4, -0.2) is 10.3 Å². The molecule has 0 radical (unpaired) electrons. The molecule has 12 heavy (non-hydrogen) atoms. The Kier molecular flexibility index (Phi) is 1.55. The molecule has 1 aromatic carbocycles. The molecule has 2 aromatic rings. The third-order valence-corrected chi connectivity index (χ3v) is 1.64. The van der Waals surface area contributed by atoms with Gasteiger partial charge >= 0.3 is 5.95 Å². The van der Waals surface area contributed by atoms with Crippen molar-refractivity contribution < 1.29 is 9.63 Å². The summed E-state index contributed by atoms with van der Waals surface area (Å²) in [5, 5.41) is 12.6. The first-order valence-corrected chi connectivity index (χ1v) is 3.57. The number of benzene rings is 1. The number of hydrogen-bond donors (Lipinski definition) is 1. The van der Waals surface area contributed by atoms with Crippen molar-refractivity contribution in [1.29, 1.82) is 0 Å². The van der Waals surface area contributed by atoms with Crippen LogP contribution in [0.15, 0.2) is 41.1 Å². The standard InChI is InChI=1S/C9H7NO2/c11-9-8(6-10-12-9)7-4-2-1-3-5-7/h1-6,11H. The molecule has 1 heterocycles. The molecule has 3 nitrogen and oxygen atoms in total. The van der Waals surface area contributed by atoms with Gasteiger partial charge < -0.3 is 9.63 Å². The van der Waals surface area contributed by atoms with Crippen molar-refractivity contribution in [3.8, 4) is 17.1 Å². The Labute approximate surface area is 69.2 Å². The smallest absolute Gasteiger partial charge is 0.316 e. The van der Waals surface area contributed by atoms with E-state index >= 15 is 0 Å². The normalized spacial score (nSPS) is 10.0. The first kappa shape index (κ1) is 6.91. The zero-order chi connectivity index (χ0) is 8.39. The largest absolute Gasteiger partial charge is 0.479 e. The number of rotatable bonds is 1. The highest BCUT2D eigenvalue weighted by atomic mass is 16.5. The third-order valence-electron chi connectivity index (χ3n) is 1.64. The van der Waals surface area contributed by atoms with Crippen LogP contribution in [0, 0.1) is 0 Å². The molecule has 0 saturated carbocycles. The van der Waals surface area contributed by atoms with E-state index in [1.165, 1.54) is 6.20 Å². The quantitative estimate of drug-likeness (QED) is 0.696. The molecule has 0 aliphatic rings. The minimum Gasteiger partial charge on any atom is -0.479 e. The fourth-order valence-electron chi connectivity index (χ4n) is 1.05. The van der Waals surface area contributed by atoms with Crippen LogP contribution < -0.4 is 0 Å². The fraction of sp³-hybridized carbons (Fsp3) is 0. The maximum absolute atomic E-state index is 9.17. The van der Waals surface area contributed by atoms with Gasteiger partial charge in [-0.05, 0) is 5.56 Å². The number of nitrogens with zero attached hydrogens (tertiary/aromatic N) is 1. The molecule has 0 unspecified atom stereocenters. The van der Waals surface area contributed by atoms with Gasteiger partial charge in [0.2, 0.25) is 0 Å². The lowest BCUT2D eigenvalue weighted by Gasteiger charge is -1.93. The minimum atomic E-state index is -0.138. The Morgan fingerprint density at radius 1 is 1.17 bits per heavy atom. The van der Waals surface area contributed by atoms with Crippen LogP contribution in [0.1, 0.15) is 0 Å². The SMILES string of the molecule is Oc1oncc1-c1ccccc1. The lowest BCUT2D eigenvalue weighted by atomic mass is 10.1. The highest BCUT2D eigenvalue weighted by Crippen LogP contribution is 2.27. The predicted molar refractivity (Wildman–Crippen MR) is 43.6 cm³/mol. The zero-order valence-corrected chi connectivity index (χ0v) is 6.27. The van der Waals surface area contributed by atoms with Crippen molar-refractivity contribution in [2.45, 2.75) is 0 Å². The summed E-state index contributed by atoms with van der Waals surface area (Å²) in [5.41, 5.74) is 1.52. The summed E-state index contributed by atoms with van der Waals surface area (Å²) >= 11 is 0. The predicted octanol–water partition coefficient (Wildman–Crippen LogP) is 2.05. The van der Waals surface area contributed by atoms with E-state index in [9.17, 15) is 5.11 Å². The highest BCUT2D eigenvalue weighted by molar-refractivity contribution is 5.66. The van der Waals surface area contributed by atoms with E-state index < -0.39 is 0 Å². The van der Waals surface area contributed by atoms with Crippen molar-refractivity contribution in [1.82, 2.24) is 5.16 Å². The molecule has 0 saturated heterocycles. The highest BCUT2D eigenvalue weighted by Gasteiger charge is 2.06. The van der Waals surface area contributed by atoms with Gasteiger partial charge in [-0.2, -0.15) is 0 Å². The summed E-state index contributed by atoms with van der Waals surface area (Å²) in [4.78, 5) is 0. The van der Waals surface area contributed by atoms with Crippen LogP contribution in [0.4, 0.5) is 0 Å². The lowest BCUT2D eigenvalue weighted by molar-refractivity contribution is 0.279. The van der Waals surface area contributed by atoms with Crippen molar-refractivity contribution in [3.63, 3.8) is 0 Å². The average molecular weight is 161 g/mol. The van der Waals surface area contributed by atoms with Gasteiger partial charge in [-0.25, -0.2) is 0 Å². The van der Waals surface area contributed by atoms with Gasteiger partial charge in [0.25, 0.3) is 0 Å². The second-order valence-corrected chi connectivity index (χ2v) is 2.41. The Hall–Kier alpha value is -1.77. The zero-order valence-electron chi connectivity index (χ0n) is 6.27. The van der Waals surface area contributed by atoms with Crippen LogP contribution in [0.3, 0.4) is 0 Å². The molecule has 0 fully saturated rings. The molecular weight excluding hydrogens is 154 g/mol. The summed E-state index contributed by atoms with van der Waals surface area (Å²) in [6.07, 6.45) is 1.49. The molecule has 3 heteroatoms. The third kappa shape index (κ3) is 1.05. The van der Waals surface area contributed by atoms with Crippen LogP contribution >= 0.6 is 0 Å². The molecule has 0 bridgehead atoms. The summed E-state index contributed by atoms with van der Waals surface area (Å²) in [7, 11) is 0. The maximum Gasteiger partial charge on any atom is 0.316 e. The van der Waals surface area contributed by atoms with E-state index in [-0.39, 0.29) is 5.95 Å². The van der Waals surface area contributed by atoms with E-state index in [0.717, 1.165) is 5.56 Å². The van der Waals surface area contributed by atoms with Gasteiger partial charge in [0.1, 0.15) is 0 Å². The number of aromatic nitrogens is 1. The molecule has 0 aliphatic carbocycles. The van der Waals surface area contributed by atoms with Gasteiger partial charge in [-0.1, -0.05) is 35.5 Å². The second-order valence-electron chi connectivity index (χ2n) is 2.41. The molecule has 0 atom stereocenters. The molecule has 2 rings (SSSR count). The van der Waals surface area contributed by atoms with Crippen LogP contribution in [0.5, 0.6) is 5.95 Å². The topological polar surface area (TPSA) is 46.3 Å². The Bertz CT molecular complexity index is 367. The van der Waals surface area contributed by atoms with E-state index in [1.807, 2.05) is 30.3 Å². The lowest BCUT2D eigenvalue weighted by Crippen LogP contribution is -1.71. The molecule has 60 valence electrons. The van der Waals surface area contributed by atoms with E-state index in [0.29, 0.717) is 5.56 Å². The monoisotopic (exact) mass is 161 g/mol. The number of aromatic hydroxyl groups is 1. The van der Waals surface area contributed by atoms with Gasteiger partial charge in [0, 0.05) is 0 Å². The Morgan fingerprint density at radius 2 is 1.92 bits per heavy atom. The van der Waals surface area contributed by atoms with E-state index in [4.69, 9.17) is 0 Å². The first-order chi connectivity index (χ1) is 5.88. The van der Waals surface area contributed by atoms with Gasteiger partial charge in [0.15, 0.2) is 0 Å². The van der Waals surface area contributed by atoms with E-state index in [2.05, 4.69) is 9.68 Å². The summed E-state index contributed by atoms with van der Waals surface area (Å²) < 4.78 is 4.52. The van der Waals surface area contributed by atoms with Crippen molar-refractivity contribution in [2.75, 3.05) is 0 Å². The summed E-state index contributed by atoms with van der Waals surface area (Å²) in [6.45, 7) is 0. The van der Waals surface area contributed by atoms with Crippen LogP contribution in [0.2, 0.25) is 0 Å². The van der Waals surface area contributed by atoms with Crippen molar-refractivity contribution >= 4 is 0 Å². The van der Waals surface area contributed by atoms with Gasteiger partial charge in [-0.3, -0.25) is 0 Å². The second kappa shape index (κ2) is 2.70. The van der Waals surface area contributed by atoms with Crippen molar-refractivity contribution in [2.24, 2.45) is 0 Å². The number of hydrogen-bond acceptors (Lipinski definition) is 3. The summed E-state index contributed by atoms with van der Waals surface area (Å²) in [5.74, 6) is -0.138. The van der Waals surface area contributed by atoms with Crippen LogP contribution in [-0.2, 0) is 0 Å². The maximum atomic E-state index is 9.17.